The van der Waals surface area contributed by atoms with Gasteiger partial charge in [-0.1, -0.05) is 11.2 Å². The molecular formula is C20H25N5O2. The minimum atomic E-state index is -0.253. The van der Waals surface area contributed by atoms with Gasteiger partial charge in [0.25, 0.3) is 0 Å². The number of carbonyl (C=O) groups is 1. The van der Waals surface area contributed by atoms with E-state index in [0.29, 0.717) is 30.1 Å². The summed E-state index contributed by atoms with van der Waals surface area (Å²) < 4.78 is 5.63. The molecule has 3 aliphatic rings. The monoisotopic (exact) mass is 367 g/mol. The molecule has 4 heterocycles. The highest BCUT2D eigenvalue weighted by molar-refractivity contribution is 5.81. The maximum Gasteiger partial charge on any atom is 0.236 e. The fourth-order valence-corrected chi connectivity index (χ4v) is 4.67. The summed E-state index contributed by atoms with van der Waals surface area (Å²) in [4.78, 5) is 26.2. The van der Waals surface area contributed by atoms with Crippen LogP contribution in [0.5, 0.6) is 0 Å². The molecule has 0 spiro atoms. The van der Waals surface area contributed by atoms with Crippen LogP contribution in [0.25, 0.3) is 0 Å². The molecule has 0 N–H and O–H groups in total. The first-order chi connectivity index (χ1) is 13.0. The van der Waals surface area contributed by atoms with Crippen LogP contribution in [0.15, 0.2) is 22.9 Å². The zero-order valence-corrected chi connectivity index (χ0v) is 15.9. The molecule has 7 nitrogen and oxygen atoms in total. The van der Waals surface area contributed by atoms with E-state index in [1.807, 2.05) is 18.0 Å². The van der Waals surface area contributed by atoms with Crippen LogP contribution in [0.3, 0.4) is 0 Å². The first kappa shape index (κ1) is 16.9. The van der Waals surface area contributed by atoms with E-state index in [1.165, 1.54) is 5.56 Å². The number of pyridine rings is 1. The van der Waals surface area contributed by atoms with Gasteiger partial charge in [-0.3, -0.25) is 14.7 Å². The molecule has 5 rings (SSSR count). The quantitative estimate of drug-likeness (QED) is 0.819. The highest BCUT2D eigenvalue weighted by Gasteiger charge is 2.58. The van der Waals surface area contributed by atoms with Gasteiger partial charge >= 0.3 is 0 Å². The number of carbonyl (C=O) groups excluding carboxylic acids is 1. The highest BCUT2D eigenvalue weighted by atomic mass is 16.5. The highest BCUT2D eigenvalue weighted by Crippen LogP contribution is 2.46. The number of aromatic nitrogens is 3. The second-order valence-electron chi connectivity index (χ2n) is 8.49. The van der Waals surface area contributed by atoms with Crippen LogP contribution in [-0.2, 0) is 16.8 Å². The molecule has 27 heavy (non-hydrogen) atoms. The SMILES string of the molecule is Cc1ccc(CN2C[C@H]3CN(C(=O)C4CC4)C[C@@]3(c3nc(C)no3)C2)nc1. The normalized spacial score (nSPS) is 27.9. The summed E-state index contributed by atoms with van der Waals surface area (Å²) >= 11 is 0. The second kappa shape index (κ2) is 6.12. The molecule has 1 saturated carbocycles. The van der Waals surface area contributed by atoms with Crippen molar-refractivity contribution in [1.82, 2.24) is 24.9 Å². The van der Waals surface area contributed by atoms with Gasteiger partial charge in [0.15, 0.2) is 5.82 Å². The third-order valence-corrected chi connectivity index (χ3v) is 6.23. The Kier molecular flexibility index (Phi) is 3.82. The van der Waals surface area contributed by atoms with E-state index in [1.54, 1.807) is 0 Å². The second-order valence-corrected chi connectivity index (χ2v) is 8.49. The van der Waals surface area contributed by atoms with Gasteiger partial charge in [0.1, 0.15) is 0 Å². The molecule has 1 aliphatic carbocycles. The predicted molar refractivity (Wildman–Crippen MR) is 97.8 cm³/mol. The fourth-order valence-electron chi connectivity index (χ4n) is 4.67. The molecule has 2 aromatic rings. The lowest BCUT2D eigenvalue weighted by Crippen LogP contribution is -2.40. The van der Waals surface area contributed by atoms with Crippen molar-refractivity contribution in [1.29, 1.82) is 0 Å². The first-order valence-corrected chi connectivity index (χ1v) is 9.77. The van der Waals surface area contributed by atoms with Gasteiger partial charge in [0.05, 0.1) is 11.1 Å². The molecule has 2 aliphatic heterocycles. The minimum absolute atomic E-state index is 0.248. The van der Waals surface area contributed by atoms with Crippen molar-refractivity contribution in [3.63, 3.8) is 0 Å². The summed E-state index contributed by atoms with van der Waals surface area (Å²) in [6.07, 6.45) is 4.00. The summed E-state index contributed by atoms with van der Waals surface area (Å²) in [6, 6.07) is 4.20. The number of hydrogen-bond donors (Lipinski definition) is 0. The molecule has 2 atom stereocenters. The lowest BCUT2D eigenvalue weighted by atomic mass is 9.81. The molecule has 0 unspecified atom stereocenters. The Morgan fingerprint density at radius 2 is 2.11 bits per heavy atom. The Morgan fingerprint density at radius 3 is 2.78 bits per heavy atom. The molecule has 142 valence electrons. The Labute approximate surface area is 158 Å². The van der Waals surface area contributed by atoms with Gasteiger partial charge in [-0.2, -0.15) is 4.98 Å². The summed E-state index contributed by atoms with van der Waals surface area (Å²) in [5.74, 6) is 2.23. The average molecular weight is 367 g/mol. The molecule has 7 heteroatoms. The molecule has 0 bridgehead atoms. The summed E-state index contributed by atoms with van der Waals surface area (Å²) in [6.45, 7) is 7.93. The van der Waals surface area contributed by atoms with Gasteiger partial charge in [0.2, 0.25) is 11.8 Å². The van der Waals surface area contributed by atoms with E-state index < -0.39 is 0 Å². The molecule has 2 saturated heterocycles. The predicted octanol–water partition coefficient (Wildman–Crippen LogP) is 1.70. The topological polar surface area (TPSA) is 75.4 Å². The molecule has 3 fully saturated rings. The maximum absolute atomic E-state index is 12.7. The van der Waals surface area contributed by atoms with Crippen LogP contribution in [0, 0.1) is 25.7 Å². The number of hydrogen-bond acceptors (Lipinski definition) is 6. The van der Waals surface area contributed by atoms with Crippen molar-refractivity contribution < 1.29 is 9.32 Å². The molecule has 2 aromatic heterocycles. The third-order valence-electron chi connectivity index (χ3n) is 6.23. The van der Waals surface area contributed by atoms with Crippen LogP contribution in [-0.4, -0.2) is 57.0 Å². The van der Waals surface area contributed by atoms with Gasteiger partial charge in [-0.05, 0) is 38.3 Å². The van der Waals surface area contributed by atoms with Crippen LogP contribution in [0.4, 0.5) is 0 Å². The lowest BCUT2D eigenvalue weighted by Gasteiger charge is -2.26. The van der Waals surface area contributed by atoms with Gasteiger partial charge < -0.3 is 9.42 Å². The Bertz CT molecular complexity index is 860. The number of fused-ring (bicyclic) bond motifs is 1. The number of aryl methyl sites for hydroxylation is 2. The van der Waals surface area contributed by atoms with E-state index in [-0.39, 0.29) is 11.3 Å². The smallest absolute Gasteiger partial charge is 0.236 e. The zero-order chi connectivity index (χ0) is 18.6. The van der Waals surface area contributed by atoms with Crippen LogP contribution in [0.1, 0.15) is 35.8 Å². The molecule has 0 radical (unpaired) electrons. The van der Waals surface area contributed by atoms with Crippen LogP contribution in [0.2, 0.25) is 0 Å². The number of rotatable bonds is 4. The standard InChI is InChI=1S/C20H25N5O2/c1-13-3-6-17(21-7-13)10-24-8-16-9-25(18(26)15-4-5-15)12-20(16,11-24)19-22-14(2)23-27-19/h3,6-7,15-16H,4-5,8-12H2,1-2H3/t16-,20-/m0/s1. The van der Waals surface area contributed by atoms with Crippen molar-refractivity contribution in [3.8, 4) is 0 Å². The zero-order valence-electron chi connectivity index (χ0n) is 15.9. The van der Waals surface area contributed by atoms with E-state index in [9.17, 15) is 4.79 Å². The van der Waals surface area contributed by atoms with E-state index in [4.69, 9.17) is 4.52 Å². The molecule has 1 amide bonds. The average Bonchev–Trinajstić information content (AvgIpc) is 3.17. The van der Waals surface area contributed by atoms with Gasteiger partial charge in [-0.25, -0.2) is 0 Å². The van der Waals surface area contributed by atoms with Crippen molar-refractivity contribution in [2.24, 2.45) is 11.8 Å². The van der Waals surface area contributed by atoms with Crippen molar-refractivity contribution in [3.05, 3.63) is 41.3 Å². The molecular weight excluding hydrogens is 342 g/mol. The summed E-state index contributed by atoms with van der Waals surface area (Å²) in [5.41, 5.74) is 1.99. The van der Waals surface area contributed by atoms with Crippen molar-refractivity contribution in [2.45, 2.75) is 38.6 Å². The largest absolute Gasteiger partial charge is 0.341 e. The fraction of sp³-hybridized carbons (Fsp3) is 0.600. The summed E-state index contributed by atoms with van der Waals surface area (Å²) in [5, 5.41) is 4.03. The summed E-state index contributed by atoms with van der Waals surface area (Å²) in [7, 11) is 0. The Hall–Kier alpha value is -2.28. The van der Waals surface area contributed by atoms with Gasteiger partial charge in [-0.15, -0.1) is 0 Å². The minimum Gasteiger partial charge on any atom is -0.341 e. The number of nitrogens with zero attached hydrogens (tertiary/aromatic N) is 5. The van der Waals surface area contributed by atoms with E-state index >= 15 is 0 Å². The lowest BCUT2D eigenvalue weighted by molar-refractivity contribution is -0.132. The number of likely N-dealkylation sites (tertiary alicyclic amines) is 2. The maximum atomic E-state index is 12.7. The Morgan fingerprint density at radius 1 is 1.26 bits per heavy atom. The third kappa shape index (κ3) is 2.94. The Balaban J connectivity index is 1.39. The van der Waals surface area contributed by atoms with Crippen LogP contribution >= 0.6 is 0 Å². The van der Waals surface area contributed by atoms with E-state index in [2.05, 4.69) is 39.1 Å². The van der Waals surface area contributed by atoms with Gasteiger partial charge in [0, 0.05) is 50.8 Å². The number of amides is 1. The molecule has 0 aromatic carbocycles. The van der Waals surface area contributed by atoms with Crippen molar-refractivity contribution in [2.75, 3.05) is 26.2 Å². The van der Waals surface area contributed by atoms with E-state index in [0.717, 1.165) is 44.7 Å². The first-order valence-electron chi connectivity index (χ1n) is 9.77. The van der Waals surface area contributed by atoms with Crippen molar-refractivity contribution >= 4 is 5.91 Å². The van der Waals surface area contributed by atoms with Crippen LogP contribution < -0.4 is 0 Å².